The number of nitro benzene ring substituents is 1. The molecule has 0 atom stereocenters. The Hall–Kier alpha value is -2.64. The Morgan fingerprint density at radius 3 is 2.33 bits per heavy atom. The number of aromatic hydroxyl groups is 2. The highest BCUT2D eigenvalue weighted by molar-refractivity contribution is 6.09. The van der Waals surface area contributed by atoms with Crippen molar-refractivity contribution in [1.82, 2.24) is 0 Å². The molecule has 1 aromatic carbocycles. The van der Waals surface area contributed by atoms with Gasteiger partial charge in [0.2, 0.25) is 5.75 Å². The number of ketones is 1. The van der Waals surface area contributed by atoms with Gasteiger partial charge in [0.05, 0.1) is 17.6 Å². The van der Waals surface area contributed by atoms with E-state index in [-0.39, 0.29) is 0 Å². The first-order valence-corrected chi connectivity index (χ1v) is 4.63. The van der Waals surface area contributed by atoms with Crippen LogP contribution >= 0.6 is 0 Å². The number of phenolic OH excluding ortho intramolecular Hbond substituents is 2. The van der Waals surface area contributed by atoms with Gasteiger partial charge in [-0.25, -0.2) is 4.79 Å². The van der Waals surface area contributed by atoms with E-state index in [0.717, 1.165) is 20.1 Å². The van der Waals surface area contributed by atoms with Crippen LogP contribution in [0.4, 0.5) is 5.69 Å². The van der Waals surface area contributed by atoms with Gasteiger partial charge in [0, 0.05) is 0 Å². The molecule has 96 valence electrons. The smallest absolute Gasteiger partial charge is 0.338 e. The van der Waals surface area contributed by atoms with Crippen LogP contribution in [0.25, 0.3) is 0 Å². The number of rotatable bonds is 3. The number of esters is 1. The molecule has 0 radical (unpaired) electrons. The lowest BCUT2D eigenvalue weighted by atomic mass is 10.0. The molecule has 0 aliphatic heterocycles. The Balaban J connectivity index is 3.79. The molecule has 0 spiro atoms. The lowest BCUT2D eigenvalue weighted by molar-refractivity contribution is -0.386. The Bertz CT molecular complexity index is 550. The van der Waals surface area contributed by atoms with E-state index in [0.29, 0.717) is 0 Å². The zero-order valence-electron chi connectivity index (χ0n) is 9.46. The highest BCUT2D eigenvalue weighted by Gasteiger charge is 2.32. The number of hydrogen-bond donors (Lipinski definition) is 2. The number of carbonyl (C=O) groups excluding carboxylic acids is 2. The number of carbonyl (C=O) groups is 2. The minimum atomic E-state index is -1.07. The molecule has 8 nitrogen and oxygen atoms in total. The topological polar surface area (TPSA) is 127 Å². The van der Waals surface area contributed by atoms with Crippen molar-refractivity contribution in [3.63, 3.8) is 0 Å². The van der Waals surface area contributed by atoms with Crippen LogP contribution in [0.5, 0.6) is 11.5 Å². The van der Waals surface area contributed by atoms with Crippen LogP contribution in [0, 0.1) is 10.1 Å². The van der Waals surface area contributed by atoms with E-state index in [1.807, 2.05) is 0 Å². The highest BCUT2D eigenvalue weighted by Crippen LogP contribution is 2.40. The summed E-state index contributed by atoms with van der Waals surface area (Å²) in [6.45, 7) is 0.991. The van der Waals surface area contributed by atoms with E-state index in [1.54, 1.807) is 0 Å². The van der Waals surface area contributed by atoms with Gasteiger partial charge in [-0.2, -0.15) is 0 Å². The van der Waals surface area contributed by atoms with Gasteiger partial charge in [0.1, 0.15) is 5.56 Å². The Morgan fingerprint density at radius 1 is 1.39 bits per heavy atom. The normalized spacial score (nSPS) is 9.89. The van der Waals surface area contributed by atoms with Crippen LogP contribution < -0.4 is 0 Å². The molecule has 8 heteroatoms. The molecule has 0 heterocycles. The Kier molecular flexibility index (Phi) is 3.50. The number of phenols is 2. The summed E-state index contributed by atoms with van der Waals surface area (Å²) >= 11 is 0. The number of ether oxygens (including phenoxy) is 1. The average molecular weight is 255 g/mol. The number of nitrogens with zero attached hydrogens (tertiary/aromatic N) is 1. The van der Waals surface area contributed by atoms with Crippen molar-refractivity contribution in [2.45, 2.75) is 6.92 Å². The zero-order valence-corrected chi connectivity index (χ0v) is 9.46. The maximum atomic E-state index is 11.4. The molecule has 0 saturated carbocycles. The zero-order chi connectivity index (χ0) is 14.0. The predicted molar refractivity (Wildman–Crippen MR) is 57.8 cm³/mol. The molecule has 1 aromatic rings. The summed E-state index contributed by atoms with van der Waals surface area (Å²) in [4.78, 5) is 32.5. The van der Waals surface area contributed by atoms with E-state index in [1.165, 1.54) is 0 Å². The van der Waals surface area contributed by atoms with Gasteiger partial charge in [-0.3, -0.25) is 14.9 Å². The second kappa shape index (κ2) is 4.70. The quantitative estimate of drug-likeness (QED) is 0.271. The number of nitro groups is 1. The molecule has 0 unspecified atom stereocenters. The number of benzene rings is 1. The summed E-state index contributed by atoms with van der Waals surface area (Å²) in [7, 11) is 1.02. The number of methoxy groups -OCH3 is 1. The molecular formula is C10H9NO7. The van der Waals surface area contributed by atoms with E-state index in [4.69, 9.17) is 0 Å². The van der Waals surface area contributed by atoms with Crippen molar-refractivity contribution in [3.05, 3.63) is 27.3 Å². The van der Waals surface area contributed by atoms with Crippen molar-refractivity contribution in [2.75, 3.05) is 7.11 Å². The van der Waals surface area contributed by atoms with Gasteiger partial charge < -0.3 is 14.9 Å². The molecule has 1 rings (SSSR count). The maximum Gasteiger partial charge on any atom is 0.338 e. The van der Waals surface area contributed by atoms with E-state index in [9.17, 15) is 29.9 Å². The van der Waals surface area contributed by atoms with Crippen LogP contribution in [0.1, 0.15) is 27.6 Å². The minimum Gasteiger partial charge on any atom is -0.504 e. The molecular weight excluding hydrogens is 246 g/mol. The minimum absolute atomic E-state index is 0.480. The molecule has 0 fully saturated rings. The fourth-order valence-corrected chi connectivity index (χ4v) is 1.45. The Labute approximate surface area is 101 Å². The van der Waals surface area contributed by atoms with Gasteiger partial charge in [-0.05, 0) is 13.0 Å². The third-order valence-corrected chi connectivity index (χ3v) is 2.19. The fraction of sp³-hybridized carbons (Fsp3) is 0.200. The van der Waals surface area contributed by atoms with E-state index >= 15 is 0 Å². The van der Waals surface area contributed by atoms with Crippen molar-refractivity contribution < 1.29 is 29.5 Å². The molecule has 18 heavy (non-hydrogen) atoms. The summed E-state index contributed by atoms with van der Waals surface area (Å²) in [5.41, 5.74) is -2.11. The number of hydrogen-bond acceptors (Lipinski definition) is 7. The molecule has 0 saturated heterocycles. The first-order chi connectivity index (χ1) is 8.31. The molecule has 0 aliphatic carbocycles. The third-order valence-electron chi connectivity index (χ3n) is 2.19. The number of Topliss-reactive ketones (excluding diaryl/α,β-unsaturated/α-hetero) is 1. The second-order valence-electron chi connectivity index (χ2n) is 3.32. The van der Waals surface area contributed by atoms with Crippen molar-refractivity contribution >= 4 is 17.4 Å². The van der Waals surface area contributed by atoms with Gasteiger partial charge in [-0.15, -0.1) is 0 Å². The average Bonchev–Trinajstić information content (AvgIpc) is 2.29. The standard InChI is InChI=1S/C10H9NO7/c1-4(12)7-5(10(15)18-2)3-6(13)9(14)8(7)11(16)17/h3,13-14H,1-2H3. The lowest BCUT2D eigenvalue weighted by Crippen LogP contribution is -2.11. The molecule has 0 amide bonds. The van der Waals surface area contributed by atoms with Gasteiger partial charge >= 0.3 is 11.7 Å². The third kappa shape index (κ3) is 2.08. The lowest BCUT2D eigenvalue weighted by Gasteiger charge is -2.08. The monoisotopic (exact) mass is 255 g/mol. The summed E-state index contributed by atoms with van der Waals surface area (Å²) in [6.07, 6.45) is 0. The van der Waals surface area contributed by atoms with Crippen molar-refractivity contribution in [1.29, 1.82) is 0 Å². The van der Waals surface area contributed by atoms with Gasteiger partial charge in [-0.1, -0.05) is 0 Å². The van der Waals surface area contributed by atoms with Crippen LogP contribution in [-0.4, -0.2) is 34.0 Å². The van der Waals surface area contributed by atoms with Crippen LogP contribution in [0.3, 0.4) is 0 Å². The molecule has 0 aliphatic rings. The summed E-state index contributed by atoms with van der Waals surface area (Å²) in [5.74, 6) is -3.79. The summed E-state index contributed by atoms with van der Waals surface area (Å²) < 4.78 is 4.35. The van der Waals surface area contributed by atoms with Crippen molar-refractivity contribution in [3.8, 4) is 11.5 Å². The molecule has 0 bridgehead atoms. The van der Waals surface area contributed by atoms with E-state index < -0.39 is 45.0 Å². The van der Waals surface area contributed by atoms with Crippen molar-refractivity contribution in [2.24, 2.45) is 0 Å². The SMILES string of the molecule is COC(=O)c1cc(O)c(O)c([N+](=O)[O-])c1C(C)=O. The highest BCUT2D eigenvalue weighted by atomic mass is 16.6. The summed E-state index contributed by atoms with van der Waals surface area (Å²) in [5, 5.41) is 29.5. The van der Waals surface area contributed by atoms with Crippen LogP contribution in [0.15, 0.2) is 6.07 Å². The van der Waals surface area contributed by atoms with Gasteiger partial charge in [0.15, 0.2) is 11.5 Å². The predicted octanol–water partition coefficient (Wildman–Crippen LogP) is 0.995. The molecule has 2 N–H and O–H groups in total. The first-order valence-electron chi connectivity index (χ1n) is 4.63. The largest absolute Gasteiger partial charge is 0.504 e. The Morgan fingerprint density at radius 2 is 1.94 bits per heavy atom. The fourth-order valence-electron chi connectivity index (χ4n) is 1.45. The maximum absolute atomic E-state index is 11.4. The molecule has 0 aromatic heterocycles. The van der Waals surface area contributed by atoms with Crippen LogP contribution in [-0.2, 0) is 4.74 Å². The van der Waals surface area contributed by atoms with Crippen LogP contribution in [0.2, 0.25) is 0 Å². The summed E-state index contributed by atoms with van der Waals surface area (Å²) in [6, 6.07) is 0.741. The van der Waals surface area contributed by atoms with Gasteiger partial charge in [0.25, 0.3) is 0 Å². The second-order valence-corrected chi connectivity index (χ2v) is 3.32. The first kappa shape index (κ1) is 13.4. The van der Waals surface area contributed by atoms with E-state index in [2.05, 4.69) is 4.74 Å².